The lowest BCUT2D eigenvalue weighted by atomic mass is 10.2. The molecule has 0 radical (unpaired) electrons. The number of aromatic amines is 1. The highest BCUT2D eigenvalue weighted by Gasteiger charge is 2.14. The van der Waals surface area contributed by atoms with Crippen molar-refractivity contribution in [3.8, 4) is 0 Å². The topological polar surface area (TPSA) is 67.2 Å². The summed E-state index contributed by atoms with van der Waals surface area (Å²) in [6, 6.07) is 6.26. The summed E-state index contributed by atoms with van der Waals surface area (Å²) < 4.78 is 5.19. The van der Waals surface area contributed by atoms with Gasteiger partial charge in [-0.25, -0.2) is 4.98 Å². The average molecular weight is 276 g/mol. The lowest BCUT2D eigenvalue weighted by molar-refractivity contribution is 0.116. The number of hydrogen-bond acceptors (Lipinski definition) is 4. The maximum Gasteiger partial charge on any atom is 0.121 e. The van der Waals surface area contributed by atoms with E-state index >= 15 is 0 Å². The monoisotopic (exact) mass is 276 g/mol. The van der Waals surface area contributed by atoms with E-state index in [1.807, 2.05) is 18.2 Å². The summed E-state index contributed by atoms with van der Waals surface area (Å²) in [5.74, 6) is 0.974. The van der Waals surface area contributed by atoms with Gasteiger partial charge in [-0.2, -0.15) is 0 Å². The Morgan fingerprint density at radius 3 is 2.95 bits per heavy atom. The van der Waals surface area contributed by atoms with Crippen molar-refractivity contribution in [2.45, 2.75) is 32.9 Å². The van der Waals surface area contributed by atoms with Gasteiger partial charge in [0.05, 0.1) is 24.2 Å². The molecule has 20 heavy (non-hydrogen) atoms. The zero-order chi connectivity index (χ0) is 14.5. The van der Waals surface area contributed by atoms with Crippen LogP contribution in [0.1, 0.15) is 26.1 Å². The molecule has 0 bridgehead atoms. The fourth-order valence-electron chi connectivity index (χ4n) is 2.27. The first-order valence-corrected chi connectivity index (χ1v) is 7.11. The number of methoxy groups -OCH3 is 1. The lowest BCUT2D eigenvalue weighted by Crippen LogP contribution is -2.35. The first kappa shape index (κ1) is 14.8. The van der Waals surface area contributed by atoms with Crippen LogP contribution in [0.2, 0.25) is 0 Å². The number of benzene rings is 1. The number of fused-ring (bicyclic) bond motifs is 1. The molecule has 5 nitrogen and oxygen atoms in total. The summed E-state index contributed by atoms with van der Waals surface area (Å²) in [6.45, 7) is 6.87. The van der Waals surface area contributed by atoms with Crippen molar-refractivity contribution in [3.05, 3.63) is 24.0 Å². The van der Waals surface area contributed by atoms with Crippen LogP contribution in [-0.4, -0.2) is 41.2 Å². The maximum atomic E-state index is 5.80. The normalized spacial score (nSPS) is 13.2. The second-order valence-corrected chi connectivity index (χ2v) is 5.18. The van der Waals surface area contributed by atoms with Crippen molar-refractivity contribution in [2.75, 3.05) is 26.0 Å². The molecule has 5 heteroatoms. The highest BCUT2D eigenvalue weighted by atomic mass is 16.5. The molecule has 0 fully saturated rings. The Morgan fingerprint density at radius 2 is 2.25 bits per heavy atom. The molecule has 2 rings (SSSR count). The summed E-state index contributed by atoms with van der Waals surface area (Å²) in [6.07, 6.45) is 1.11. The van der Waals surface area contributed by atoms with Gasteiger partial charge in [-0.15, -0.1) is 0 Å². The number of imidazole rings is 1. The second kappa shape index (κ2) is 6.72. The van der Waals surface area contributed by atoms with Crippen molar-refractivity contribution >= 4 is 16.7 Å². The summed E-state index contributed by atoms with van der Waals surface area (Å²) in [5.41, 5.74) is 8.51. The van der Waals surface area contributed by atoms with Crippen molar-refractivity contribution in [1.82, 2.24) is 14.9 Å². The lowest BCUT2D eigenvalue weighted by Gasteiger charge is -2.27. The Balaban J connectivity index is 2.14. The number of ether oxygens (including phenoxy) is 1. The van der Waals surface area contributed by atoms with Crippen molar-refractivity contribution in [1.29, 1.82) is 0 Å². The van der Waals surface area contributed by atoms with Crippen LogP contribution in [0, 0.1) is 0 Å². The van der Waals surface area contributed by atoms with Crippen LogP contribution in [0.5, 0.6) is 0 Å². The number of anilines is 1. The molecule has 1 heterocycles. The summed E-state index contributed by atoms with van der Waals surface area (Å²) in [4.78, 5) is 10.4. The van der Waals surface area contributed by atoms with Crippen molar-refractivity contribution in [2.24, 2.45) is 0 Å². The van der Waals surface area contributed by atoms with Crippen LogP contribution in [-0.2, 0) is 11.3 Å². The third-order valence-corrected chi connectivity index (χ3v) is 3.70. The van der Waals surface area contributed by atoms with Gasteiger partial charge in [-0.3, -0.25) is 4.90 Å². The van der Waals surface area contributed by atoms with Gasteiger partial charge in [-0.05, 0) is 31.5 Å². The Morgan fingerprint density at radius 1 is 1.45 bits per heavy atom. The Kier molecular flexibility index (Phi) is 4.98. The number of aromatic nitrogens is 2. The fourth-order valence-corrected chi connectivity index (χ4v) is 2.27. The van der Waals surface area contributed by atoms with E-state index in [-0.39, 0.29) is 0 Å². The van der Waals surface area contributed by atoms with Crippen LogP contribution >= 0.6 is 0 Å². The number of hydrogen-bond donors (Lipinski definition) is 2. The molecule has 3 N–H and O–H groups in total. The minimum absolute atomic E-state index is 0.503. The van der Waals surface area contributed by atoms with E-state index in [0.717, 1.165) is 48.7 Å². The molecular weight excluding hydrogens is 252 g/mol. The number of nitrogen functional groups attached to an aromatic ring is 1. The molecule has 110 valence electrons. The van der Waals surface area contributed by atoms with E-state index in [9.17, 15) is 0 Å². The summed E-state index contributed by atoms with van der Waals surface area (Å²) in [7, 11) is 1.73. The molecule has 1 aromatic carbocycles. The molecule has 0 aliphatic rings. The van der Waals surface area contributed by atoms with Crippen molar-refractivity contribution < 1.29 is 4.74 Å². The fraction of sp³-hybridized carbons (Fsp3) is 0.533. The molecule has 0 aliphatic carbocycles. The van der Waals surface area contributed by atoms with Gasteiger partial charge in [0.1, 0.15) is 5.82 Å². The largest absolute Gasteiger partial charge is 0.399 e. The van der Waals surface area contributed by atoms with E-state index in [2.05, 4.69) is 28.7 Å². The molecule has 1 atom stereocenters. The molecule has 1 aromatic heterocycles. The van der Waals surface area contributed by atoms with E-state index in [1.54, 1.807) is 7.11 Å². The molecule has 0 saturated heterocycles. The first-order valence-electron chi connectivity index (χ1n) is 7.11. The maximum absolute atomic E-state index is 5.80. The minimum atomic E-state index is 0.503. The predicted octanol–water partition coefficient (Wildman–Crippen LogP) is 2.39. The van der Waals surface area contributed by atoms with E-state index in [1.165, 1.54) is 0 Å². The number of nitrogens with zero attached hydrogens (tertiary/aromatic N) is 2. The minimum Gasteiger partial charge on any atom is -0.399 e. The van der Waals surface area contributed by atoms with E-state index in [4.69, 9.17) is 10.5 Å². The van der Waals surface area contributed by atoms with Crippen molar-refractivity contribution in [3.63, 3.8) is 0 Å². The Labute approximate surface area is 120 Å². The number of rotatable bonds is 7. The third kappa shape index (κ3) is 3.49. The smallest absolute Gasteiger partial charge is 0.121 e. The van der Waals surface area contributed by atoms with Crippen LogP contribution in [0.3, 0.4) is 0 Å². The van der Waals surface area contributed by atoms with Gasteiger partial charge in [-0.1, -0.05) is 6.92 Å². The zero-order valence-electron chi connectivity index (χ0n) is 12.5. The quantitative estimate of drug-likeness (QED) is 0.762. The highest BCUT2D eigenvalue weighted by Crippen LogP contribution is 2.16. The predicted molar refractivity (Wildman–Crippen MR) is 82.5 cm³/mol. The molecular formula is C15H24N4O. The molecule has 2 aromatic rings. The molecule has 0 aliphatic heterocycles. The number of nitrogens with one attached hydrogen (secondary N) is 1. The van der Waals surface area contributed by atoms with Gasteiger partial charge in [0.15, 0.2) is 0 Å². The molecule has 0 spiro atoms. The average Bonchev–Trinajstić information content (AvgIpc) is 2.84. The van der Waals surface area contributed by atoms with Crippen LogP contribution in [0.4, 0.5) is 5.69 Å². The van der Waals surface area contributed by atoms with Gasteiger partial charge in [0.25, 0.3) is 0 Å². The summed E-state index contributed by atoms with van der Waals surface area (Å²) >= 11 is 0. The number of nitrogens with two attached hydrogens (primary N) is 1. The molecule has 0 saturated carbocycles. The Bertz CT molecular complexity index is 552. The zero-order valence-corrected chi connectivity index (χ0v) is 12.5. The number of H-pyrrole nitrogens is 1. The van der Waals surface area contributed by atoms with Crippen LogP contribution < -0.4 is 5.73 Å². The second-order valence-electron chi connectivity index (χ2n) is 5.18. The Hall–Kier alpha value is -1.59. The molecule has 1 unspecified atom stereocenters. The standard InChI is InChI=1S/C15H24N4O/c1-4-11(2)19(7-8-20-3)10-15-17-13-6-5-12(16)9-14(13)18-15/h5-6,9,11H,4,7-8,10,16H2,1-3H3,(H,17,18). The van der Waals surface area contributed by atoms with Gasteiger partial charge >= 0.3 is 0 Å². The molecule has 0 amide bonds. The van der Waals surface area contributed by atoms with Crippen LogP contribution in [0.15, 0.2) is 18.2 Å². The van der Waals surface area contributed by atoms with Gasteiger partial charge in [0.2, 0.25) is 0 Å². The van der Waals surface area contributed by atoms with E-state index in [0.29, 0.717) is 6.04 Å². The van der Waals surface area contributed by atoms with Crippen LogP contribution in [0.25, 0.3) is 11.0 Å². The SMILES string of the molecule is CCC(C)N(CCOC)Cc1nc2ccc(N)cc2[nH]1. The third-order valence-electron chi connectivity index (χ3n) is 3.70. The van der Waals surface area contributed by atoms with Gasteiger partial charge in [0, 0.05) is 25.4 Å². The summed E-state index contributed by atoms with van der Waals surface area (Å²) in [5, 5.41) is 0. The van der Waals surface area contributed by atoms with Gasteiger partial charge < -0.3 is 15.5 Å². The first-order chi connectivity index (χ1) is 9.63. The highest BCUT2D eigenvalue weighted by molar-refractivity contribution is 5.78. The van der Waals surface area contributed by atoms with E-state index < -0.39 is 0 Å².